The number of fused-ring (bicyclic) bond motifs is 5. The third kappa shape index (κ3) is 14.9. The van der Waals surface area contributed by atoms with Gasteiger partial charge in [-0.2, -0.15) is 94.3 Å². The van der Waals surface area contributed by atoms with E-state index in [1.54, 1.807) is 12.1 Å². The van der Waals surface area contributed by atoms with Crippen molar-refractivity contribution in [2.75, 3.05) is 0 Å². The first-order valence-electron chi connectivity index (χ1n) is 24.3. The minimum absolute atomic E-state index is 0.0619. The number of alkyl halides is 12. The molecular weight excluding hydrogens is 1140 g/mol. The van der Waals surface area contributed by atoms with Crippen LogP contribution in [-0.4, -0.2) is 9.52 Å². The smallest absolute Gasteiger partial charge is 0.0920 e. The second-order valence-corrected chi connectivity index (χ2v) is 25.1. The van der Waals surface area contributed by atoms with Crippen LogP contribution in [0.2, 0.25) is 0 Å². The summed E-state index contributed by atoms with van der Waals surface area (Å²) in [4.78, 5) is 0. The molecule has 0 amide bonds. The van der Waals surface area contributed by atoms with Gasteiger partial charge in [-0.15, -0.1) is 74.6 Å². The van der Waals surface area contributed by atoms with E-state index in [4.69, 9.17) is 17.0 Å². The summed E-state index contributed by atoms with van der Waals surface area (Å²) in [5.74, 6) is 0.605. The molecule has 8 aromatic carbocycles. The van der Waals surface area contributed by atoms with Crippen molar-refractivity contribution in [1.29, 1.82) is 0 Å². The Hall–Kier alpha value is -4.62. The molecule has 8 aromatic rings. The van der Waals surface area contributed by atoms with Gasteiger partial charge in [-0.05, 0) is 84.0 Å². The predicted octanol–water partition coefficient (Wildman–Crippen LogP) is 19.7. The summed E-state index contributed by atoms with van der Waals surface area (Å²) >= 11 is -0.826. The summed E-state index contributed by atoms with van der Waals surface area (Å²) < 4.78 is 161. The van der Waals surface area contributed by atoms with Gasteiger partial charge >= 0.3 is 62.6 Å². The van der Waals surface area contributed by atoms with E-state index in [0.717, 1.165) is 79.7 Å². The quantitative estimate of drug-likeness (QED) is 0.0808. The van der Waals surface area contributed by atoms with Gasteiger partial charge in [-0.1, -0.05) is 113 Å². The van der Waals surface area contributed by atoms with E-state index >= 15 is 0 Å². The van der Waals surface area contributed by atoms with Gasteiger partial charge in [0.25, 0.3) is 0 Å². The van der Waals surface area contributed by atoms with E-state index in [9.17, 15) is 52.7 Å². The van der Waals surface area contributed by atoms with E-state index in [1.165, 1.54) is 21.5 Å². The fourth-order valence-corrected chi connectivity index (χ4v) is 10.7. The summed E-state index contributed by atoms with van der Waals surface area (Å²) in [7, 11) is 10.7. The molecule has 1 aliphatic heterocycles. The third-order valence-corrected chi connectivity index (χ3v) is 14.0. The van der Waals surface area contributed by atoms with Crippen molar-refractivity contribution in [3.63, 3.8) is 0 Å². The van der Waals surface area contributed by atoms with Crippen molar-refractivity contribution in [2.24, 2.45) is 11.8 Å². The second-order valence-electron chi connectivity index (χ2n) is 20.1. The molecule has 2 radical (unpaired) electrons. The maximum Gasteiger partial charge on any atom is 0.0920 e. The van der Waals surface area contributed by atoms with Gasteiger partial charge in [0.1, 0.15) is 0 Å². The molecule has 76 heavy (non-hydrogen) atoms. The van der Waals surface area contributed by atoms with Gasteiger partial charge in [-0.25, -0.2) is 0 Å². The average molecular weight is 1190 g/mol. The van der Waals surface area contributed by atoms with E-state index in [-0.39, 0.29) is 35.1 Å². The molecule has 0 aliphatic carbocycles. The van der Waals surface area contributed by atoms with Crippen LogP contribution in [0.25, 0.3) is 54.9 Å². The Morgan fingerprint density at radius 1 is 0.487 bits per heavy atom. The zero-order chi connectivity index (χ0) is 56.2. The Bertz CT molecular complexity index is 2980. The molecule has 1 aliphatic rings. The van der Waals surface area contributed by atoms with Crippen LogP contribution in [0.4, 0.5) is 52.7 Å². The molecule has 0 atom stereocenters. The Kier molecular flexibility index (Phi) is 19.6. The van der Waals surface area contributed by atoms with Crippen LogP contribution in [0, 0.1) is 17.9 Å². The average Bonchev–Trinajstić information content (AvgIpc) is 4.04. The third-order valence-electron chi connectivity index (χ3n) is 12.6. The number of hydrogen-bond donors (Lipinski definition) is 0. The van der Waals surface area contributed by atoms with Crippen molar-refractivity contribution in [2.45, 2.75) is 105 Å². The second kappa shape index (κ2) is 24.6. The number of halogens is 14. The molecule has 0 bridgehead atoms. The summed E-state index contributed by atoms with van der Waals surface area (Å²) in [5.41, 5.74) is 1.80. The molecule has 0 nitrogen and oxygen atoms in total. The van der Waals surface area contributed by atoms with Gasteiger partial charge in [0, 0.05) is 0 Å². The normalized spacial score (nSPS) is 12.6. The van der Waals surface area contributed by atoms with Crippen molar-refractivity contribution in [3.05, 3.63) is 178 Å². The standard InChI is InChI=1S/2C24H23F6.C12H7Si.2ClH.Zr/c2*1-13(2)7-15-8-16-5-6-20(14(3)4)22(21(16)9-15)17-10-18(23(25,26)27)12-19(11-17)24(28,29)30;1-3-7-11-9(5-1)10-6-2-4-8-12(10)13-11;;;/h2*5-6,8-14H,7H2,1-4H3;1-7H;2*1H;/q3*-1;;;+2/p-2. The summed E-state index contributed by atoms with van der Waals surface area (Å²) in [6.45, 7) is 15.7. The molecule has 402 valence electrons. The van der Waals surface area contributed by atoms with E-state index in [2.05, 4.69) is 70.2 Å². The SMILES string of the molecule is CC(C)Cc1cc2c(-c3cc(C(F)(F)F)cc(C(F)(F)F)c3)c(C(C)C)ccc2[cH-]1.CC(C)Cc1cc2c(-c3cc(C(F)(F)F)cc(C(F)(F)F)c3)c(C(C)C)ccc2[cH-]1.[Cl][Zr][Cl].[c-]1cccc2c1[Si]c1ccccc1-2. The molecule has 0 fully saturated rings. The minimum Gasteiger partial charge on any atom is -0.184 e. The topological polar surface area (TPSA) is 0 Å². The summed E-state index contributed by atoms with van der Waals surface area (Å²) in [6, 6.07) is 36.9. The van der Waals surface area contributed by atoms with Gasteiger partial charge < -0.3 is 0 Å². The zero-order valence-corrected chi connectivity index (χ0v) is 47.6. The van der Waals surface area contributed by atoms with E-state index < -0.39 is 67.8 Å². The van der Waals surface area contributed by atoms with E-state index in [1.807, 2.05) is 70.2 Å². The molecule has 0 unspecified atom stereocenters. The number of benzene rings is 6. The van der Waals surface area contributed by atoms with Crippen LogP contribution in [0.1, 0.15) is 112 Å². The maximum absolute atomic E-state index is 13.4. The minimum atomic E-state index is -4.88. The molecule has 16 heteroatoms. The molecule has 0 N–H and O–H groups in total. The van der Waals surface area contributed by atoms with Gasteiger partial charge in [0.05, 0.1) is 31.8 Å². The Morgan fingerprint density at radius 3 is 1.21 bits per heavy atom. The van der Waals surface area contributed by atoms with Crippen LogP contribution >= 0.6 is 17.0 Å². The molecule has 9 rings (SSSR count). The molecule has 1 heterocycles. The first-order valence-corrected chi connectivity index (χ1v) is 31.6. The number of rotatable bonds is 8. The monoisotopic (exact) mass is 1190 g/mol. The zero-order valence-electron chi connectivity index (χ0n) is 42.6. The Labute approximate surface area is 457 Å². The van der Waals surface area contributed by atoms with Crippen LogP contribution in [0.3, 0.4) is 0 Å². The first kappa shape index (κ1) is 60.6. The summed E-state index contributed by atoms with van der Waals surface area (Å²) in [5, 5.41) is 5.82. The molecule has 0 saturated carbocycles. The van der Waals surface area contributed by atoms with Crippen LogP contribution in [0.5, 0.6) is 0 Å². The molecule has 0 saturated heterocycles. The number of hydrogen-bond acceptors (Lipinski definition) is 0. The van der Waals surface area contributed by atoms with E-state index in [0.29, 0.717) is 33.7 Å². The van der Waals surface area contributed by atoms with Crippen LogP contribution in [-0.2, 0) is 58.4 Å². The summed E-state index contributed by atoms with van der Waals surface area (Å²) in [6.07, 6.45) is -18.0. The van der Waals surface area contributed by atoms with Crippen molar-refractivity contribution in [1.82, 2.24) is 0 Å². The largest absolute Gasteiger partial charge is 0.184 e. The first-order chi connectivity index (χ1) is 35.4. The van der Waals surface area contributed by atoms with Crippen LogP contribution < -0.4 is 10.4 Å². The van der Waals surface area contributed by atoms with Crippen molar-refractivity contribution >= 4 is 58.5 Å². The predicted molar refractivity (Wildman–Crippen MR) is 283 cm³/mol. The van der Waals surface area contributed by atoms with Crippen LogP contribution in [0.15, 0.2) is 127 Å². The fraction of sp³-hybridized carbons (Fsp3) is 0.300. The molecule has 0 aromatic heterocycles. The maximum atomic E-state index is 13.4. The van der Waals surface area contributed by atoms with Gasteiger partial charge in [0.2, 0.25) is 0 Å². The molecule has 0 spiro atoms. The van der Waals surface area contributed by atoms with Gasteiger partial charge in [0.15, 0.2) is 0 Å². The van der Waals surface area contributed by atoms with Crippen molar-refractivity contribution in [3.8, 4) is 33.4 Å². The molecular formula is C60H53Cl2F12SiZr-3. The Morgan fingerprint density at radius 2 is 0.855 bits per heavy atom. The fourth-order valence-electron chi connectivity index (χ4n) is 9.43. The van der Waals surface area contributed by atoms with Crippen molar-refractivity contribution < 1.29 is 73.5 Å². The Balaban J connectivity index is 0.000000192. The van der Waals surface area contributed by atoms with Gasteiger partial charge in [-0.3, -0.25) is 0 Å².